The van der Waals surface area contributed by atoms with Gasteiger partial charge in [0, 0.05) is 64.1 Å². The van der Waals surface area contributed by atoms with E-state index in [2.05, 4.69) is 20.1 Å². The molecule has 85 heavy (non-hydrogen) atoms. The second-order valence-electron chi connectivity index (χ2n) is 20.0. The van der Waals surface area contributed by atoms with Gasteiger partial charge in [0.25, 0.3) is 0 Å². The molecule has 16 atom stereocenters. The standard InChI is InChI=1S/C30H45N3O12S.C20H33N3O10S.CH4O.CH3O.Na/c1-7-17(2)24-25(41-20(5)36)22(40-19(4)35)14-30(44-24)16-46-28-27(45-30)26(42-21(6)37)23(15-39-18(3)34)43-29(28)38-13-11-9-8-10-12-32-33-31;21-23-22-5-3-1-2-4-6-30-19-18-17(15(29)13(9-25)31-19)33-20(10-34-18)7-11(26)14(28)16(32-20)12(27)8-24;2*1-2;/h17,22-26,29H,7-16H2,1-6H3;11-16,19,24-29H,1-10H2;2H,1H3;1H3;/q;;;-1;+1/t17-,22?,23?,24+,25?,26?,29?,30+;11?,12-,13?,14?,15?,16+,19?,20+;;;/m11.../s1. The molecule has 6 heterocycles. The number of esters is 4. The third-order valence-corrected chi connectivity index (χ3v) is 16.2. The summed E-state index contributed by atoms with van der Waals surface area (Å²) in [5.74, 6) is -4.54. The fourth-order valence-corrected chi connectivity index (χ4v) is 12.0. The Morgan fingerprint density at radius 1 is 0.718 bits per heavy atom. The Bertz CT molecular complexity index is 2240. The monoisotopic (exact) mass is 1260 g/mol. The Morgan fingerprint density at radius 2 is 1.21 bits per heavy atom. The average Bonchev–Trinajstić information content (AvgIpc) is 1.17. The van der Waals surface area contributed by atoms with Crippen molar-refractivity contribution in [2.24, 2.45) is 16.1 Å². The molecule has 480 valence electrons. The molecule has 0 bridgehead atoms. The van der Waals surface area contributed by atoms with Crippen LogP contribution in [0.5, 0.6) is 0 Å². The van der Waals surface area contributed by atoms with Gasteiger partial charge < -0.3 is 97.7 Å². The van der Waals surface area contributed by atoms with Crippen LogP contribution < -0.4 is 34.7 Å². The number of aliphatic hydroxyl groups is 7. The molecule has 10 unspecified atom stereocenters. The molecule has 6 rings (SSSR count). The Kier molecular flexibility index (Phi) is 37.0. The van der Waals surface area contributed by atoms with Gasteiger partial charge in [0.1, 0.15) is 61.2 Å². The van der Waals surface area contributed by atoms with Crippen LogP contribution in [0.2, 0.25) is 0 Å². The summed E-state index contributed by atoms with van der Waals surface area (Å²) in [4.78, 5) is 54.8. The normalized spacial score (nSPS) is 30.7. The number of carbonyl (C=O) groups is 4. The quantitative estimate of drug-likeness (QED) is 0.0110. The average molecular weight is 1270 g/mol. The molecular formula is C52H85N6NaO24S2. The fourth-order valence-electron chi connectivity index (χ4n) is 9.61. The van der Waals surface area contributed by atoms with Gasteiger partial charge in [-0.05, 0) is 42.7 Å². The number of carbonyl (C=O) groups excluding carboxylic acids is 4. The zero-order chi connectivity index (χ0) is 62.6. The van der Waals surface area contributed by atoms with E-state index in [1.807, 2.05) is 13.8 Å². The van der Waals surface area contributed by atoms with Crippen molar-refractivity contribution in [1.82, 2.24) is 0 Å². The molecule has 0 aromatic heterocycles. The van der Waals surface area contributed by atoms with Gasteiger partial charge in [0.2, 0.25) is 11.6 Å². The van der Waals surface area contributed by atoms with E-state index in [9.17, 15) is 49.8 Å². The third-order valence-electron chi connectivity index (χ3n) is 13.7. The SMILES string of the molecule is CC[C@@H](C)[C@@H]1O[C@@]2(CSC3=C(O2)C(OC(C)=O)C(COC(C)=O)OC3OCCCCCCN=[N+]=[N-])CC(OC(C)=O)C1OC(C)=O.CO.C[O-].[N-]=[N+]=NCCCCCCOC1OC(CO)C(O)C2=C1SC[C@]1(CC(O)C(O)[C@H]([C@H](O)CO)O1)O2.[Na+]. The number of ether oxygens (including phenoxy) is 12. The smallest absolute Gasteiger partial charge is 0.857 e. The fraction of sp³-hybridized carbons (Fsp3) is 0.846. The zero-order valence-electron chi connectivity index (χ0n) is 49.8. The van der Waals surface area contributed by atoms with Crippen LogP contribution in [-0.2, 0) is 76.0 Å². The maximum absolute atomic E-state index is 12.3. The molecule has 6 aliphatic heterocycles. The molecule has 7 N–H and O–H groups in total. The van der Waals surface area contributed by atoms with Crippen LogP contribution in [0.1, 0.15) is 112 Å². The predicted octanol–water partition coefficient (Wildman–Crippen LogP) is -0.461. The van der Waals surface area contributed by atoms with Gasteiger partial charge in [-0.2, -0.15) is 7.11 Å². The molecule has 0 radical (unpaired) electrons. The third kappa shape index (κ3) is 23.6. The summed E-state index contributed by atoms with van der Waals surface area (Å²) in [6.45, 7) is 9.12. The topological polar surface area (TPSA) is 441 Å². The summed E-state index contributed by atoms with van der Waals surface area (Å²) < 4.78 is 71.4. The van der Waals surface area contributed by atoms with E-state index < -0.39 is 128 Å². The summed E-state index contributed by atoms with van der Waals surface area (Å²) in [6.07, 6.45) is -7.12. The van der Waals surface area contributed by atoms with Crippen molar-refractivity contribution in [3.05, 3.63) is 42.2 Å². The van der Waals surface area contributed by atoms with E-state index in [1.165, 1.54) is 51.2 Å². The van der Waals surface area contributed by atoms with Crippen molar-refractivity contribution in [2.45, 2.75) is 203 Å². The van der Waals surface area contributed by atoms with Crippen molar-refractivity contribution >= 4 is 47.4 Å². The Balaban J connectivity index is 0.000000562. The second-order valence-corrected chi connectivity index (χ2v) is 22.0. The van der Waals surface area contributed by atoms with E-state index in [4.69, 9.17) is 78.1 Å². The molecular weight excluding hydrogens is 1180 g/mol. The molecule has 2 saturated heterocycles. The summed E-state index contributed by atoms with van der Waals surface area (Å²) in [5, 5.41) is 82.5. The van der Waals surface area contributed by atoms with Crippen LogP contribution in [0.4, 0.5) is 0 Å². The van der Waals surface area contributed by atoms with Crippen molar-refractivity contribution in [3.63, 3.8) is 0 Å². The number of aliphatic hydroxyl groups excluding tert-OH is 7. The van der Waals surface area contributed by atoms with E-state index in [0.29, 0.717) is 49.0 Å². The number of thioether (sulfide) groups is 2. The summed E-state index contributed by atoms with van der Waals surface area (Å²) in [6, 6.07) is 0. The first-order valence-corrected chi connectivity index (χ1v) is 29.7. The van der Waals surface area contributed by atoms with Gasteiger partial charge in [0.15, 0.2) is 30.5 Å². The Morgan fingerprint density at radius 3 is 1.71 bits per heavy atom. The van der Waals surface area contributed by atoms with Crippen molar-refractivity contribution in [2.75, 3.05) is 71.8 Å². The number of nitrogens with zero attached hydrogens (tertiary/aromatic N) is 6. The van der Waals surface area contributed by atoms with Gasteiger partial charge in [-0.25, -0.2) is 0 Å². The molecule has 2 spiro atoms. The second kappa shape index (κ2) is 40.4. The van der Waals surface area contributed by atoms with Crippen molar-refractivity contribution in [3.8, 4) is 0 Å². The van der Waals surface area contributed by atoms with E-state index in [0.717, 1.165) is 59.2 Å². The number of unbranched alkanes of at least 4 members (excludes halogenated alkanes) is 6. The van der Waals surface area contributed by atoms with Gasteiger partial charge in [-0.3, -0.25) is 19.2 Å². The molecule has 0 aromatic carbocycles. The Hall–Kier alpha value is -3.28. The van der Waals surface area contributed by atoms with Gasteiger partial charge in [-0.1, -0.05) is 56.2 Å². The van der Waals surface area contributed by atoms with Crippen LogP contribution in [0, 0.1) is 5.92 Å². The van der Waals surface area contributed by atoms with Crippen LogP contribution in [0.25, 0.3) is 20.9 Å². The van der Waals surface area contributed by atoms with Crippen LogP contribution in [0.15, 0.2) is 31.6 Å². The first-order valence-electron chi connectivity index (χ1n) is 27.7. The molecule has 6 aliphatic rings. The minimum atomic E-state index is -1.47. The van der Waals surface area contributed by atoms with Crippen molar-refractivity contribution in [1.29, 1.82) is 0 Å². The largest absolute Gasteiger partial charge is 1.00 e. The van der Waals surface area contributed by atoms with Gasteiger partial charge in [-0.15, -0.1) is 23.5 Å². The minimum absolute atomic E-state index is 0. The first-order chi connectivity index (χ1) is 40.2. The minimum Gasteiger partial charge on any atom is -0.857 e. The predicted molar refractivity (Wildman–Crippen MR) is 295 cm³/mol. The first kappa shape index (κ1) is 77.8. The number of hydrogen-bond donors (Lipinski definition) is 7. The molecule has 33 heteroatoms. The van der Waals surface area contributed by atoms with Crippen LogP contribution in [-0.4, -0.2) is 223 Å². The number of azide groups is 2. The molecule has 0 saturated carbocycles. The summed E-state index contributed by atoms with van der Waals surface area (Å²) >= 11 is 2.57. The molecule has 0 aliphatic carbocycles. The molecule has 0 amide bonds. The maximum Gasteiger partial charge on any atom is 1.00 e. The van der Waals surface area contributed by atoms with Gasteiger partial charge in [0.05, 0.1) is 60.3 Å². The van der Waals surface area contributed by atoms with E-state index in [-0.39, 0.29) is 77.9 Å². The van der Waals surface area contributed by atoms with Crippen LogP contribution >= 0.6 is 23.5 Å². The number of rotatable bonds is 26. The van der Waals surface area contributed by atoms with E-state index >= 15 is 0 Å². The van der Waals surface area contributed by atoms with Gasteiger partial charge >= 0.3 is 53.4 Å². The zero-order valence-corrected chi connectivity index (χ0v) is 53.4. The summed E-state index contributed by atoms with van der Waals surface area (Å²) in [5.41, 5.74) is 16.7. The van der Waals surface area contributed by atoms with Crippen molar-refractivity contribution < 1.29 is 146 Å². The molecule has 0 aromatic rings. The maximum atomic E-state index is 12.3. The molecule has 2 fully saturated rings. The summed E-state index contributed by atoms with van der Waals surface area (Å²) in [7, 11) is 1.75. The number of hydrogen-bond acceptors (Lipinski definition) is 28. The molecule has 30 nitrogen and oxygen atoms in total. The van der Waals surface area contributed by atoms with Crippen LogP contribution in [0.3, 0.4) is 0 Å². The Labute approximate surface area is 524 Å². The van der Waals surface area contributed by atoms with E-state index in [1.54, 1.807) is 0 Å².